The highest BCUT2D eigenvalue weighted by Crippen LogP contribution is 2.08. The molecule has 0 fully saturated rings. The summed E-state index contributed by atoms with van der Waals surface area (Å²) in [5.74, 6) is 0. The van der Waals surface area contributed by atoms with Crippen LogP contribution in [0.3, 0.4) is 0 Å². The fourth-order valence-corrected chi connectivity index (χ4v) is 1.02. The van der Waals surface area contributed by atoms with Gasteiger partial charge in [0.05, 0.1) is 0 Å². The molecule has 0 bridgehead atoms. The van der Waals surface area contributed by atoms with Gasteiger partial charge in [-0.15, -0.1) is 0 Å². The number of rotatable bonds is 3. The molecule has 0 radical (unpaired) electrons. The third-order valence-electron chi connectivity index (χ3n) is 0.334. The molecule has 0 rings (SSSR count). The molecule has 0 spiro atoms. The summed E-state index contributed by atoms with van der Waals surface area (Å²) in [5.41, 5.74) is 0. The van der Waals surface area contributed by atoms with Crippen LogP contribution in [0.1, 0.15) is 0 Å². The molecule has 0 saturated carbocycles. The van der Waals surface area contributed by atoms with Crippen molar-refractivity contribution in [3.63, 3.8) is 0 Å². The number of hydrogen-bond acceptors (Lipinski definition) is 4. The molecule has 0 aliphatic heterocycles. The van der Waals surface area contributed by atoms with Crippen molar-refractivity contribution >= 4 is 26.2 Å². The van der Waals surface area contributed by atoms with Crippen molar-refractivity contribution in [2.75, 3.05) is 0 Å². The molecule has 0 aliphatic rings. The Bertz CT molecular complexity index is 202. The molecular weight excluding hydrogens is 164 g/mol. The van der Waals surface area contributed by atoms with Crippen LogP contribution in [0.15, 0.2) is 11.5 Å². The first-order valence-corrected chi connectivity index (χ1v) is 4.66. The Labute approximate surface area is 56.1 Å². The summed E-state index contributed by atoms with van der Waals surface area (Å²) < 4.78 is 27.7. The van der Waals surface area contributed by atoms with Gasteiger partial charge in [0.1, 0.15) is 6.29 Å². The van der Waals surface area contributed by atoms with Crippen LogP contribution in [0.4, 0.5) is 0 Å². The van der Waals surface area contributed by atoms with Crippen LogP contribution < -0.4 is 0 Å². The Morgan fingerprint density at radius 1 is 1.44 bits per heavy atom. The second-order valence-corrected chi connectivity index (χ2v) is 4.15. The van der Waals surface area contributed by atoms with Crippen molar-refractivity contribution in [2.45, 2.75) is 0 Å². The van der Waals surface area contributed by atoms with Crippen molar-refractivity contribution in [1.29, 1.82) is 0 Å². The first-order valence-electron chi connectivity index (χ1n) is 1.82. The van der Waals surface area contributed by atoms with Gasteiger partial charge in [-0.3, -0.25) is 9.35 Å². The molecule has 0 heterocycles. The highest BCUT2D eigenvalue weighted by Gasteiger charge is 1.98. The van der Waals surface area contributed by atoms with E-state index >= 15 is 0 Å². The molecule has 4 nitrogen and oxygen atoms in total. The third kappa shape index (κ3) is 7.67. The molecule has 0 unspecified atom stereocenters. The number of aldehydes is 1. The Balaban J connectivity index is 3.78. The first-order chi connectivity index (χ1) is 4.06. The van der Waals surface area contributed by atoms with Gasteiger partial charge in [0.25, 0.3) is 0 Å². The predicted molar refractivity (Wildman–Crippen MR) is 34.3 cm³/mol. The number of carbonyl (C=O) groups excluding carboxylic acids is 1. The first kappa shape index (κ1) is 8.67. The SMILES string of the molecule is O=C/C=C\SS(=O)(=O)O. The molecule has 6 heteroatoms. The summed E-state index contributed by atoms with van der Waals surface area (Å²) >= 11 is 0. The maximum absolute atomic E-state index is 9.86. The molecule has 0 atom stereocenters. The lowest BCUT2D eigenvalue weighted by Crippen LogP contribution is -1.84. The van der Waals surface area contributed by atoms with Crippen molar-refractivity contribution in [3.05, 3.63) is 11.5 Å². The van der Waals surface area contributed by atoms with Crippen LogP contribution in [0.2, 0.25) is 0 Å². The Hall–Kier alpha value is -0.330. The van der Waals surface area contributed by atoms with Gasteiger partial charge in [0.2, 0.25) is 0 Å². The van der Waals surface area contributed by atoms with E-state index in [1.807, 2.05) is 0 Å². The largest absolute Gasteiger partial charge is 0.323 e. The number of allylic oxidation sites excluding steroid dienone is 1. The smallest absolute Gasteiger partial charge is 0.299 e. The molecule has 0 aromatic carbocycles. The molecule has 0 saturated heterocycles. The zero-order valence-corrected chi connectivity index (χ0v) is 5.85. The lowest BCUT2D eigenvalue weighted by atomic mass is 10.7. The van der Waals surface area contributed by atoms with E-state index in [-0.39, 0.29) is 10.8 Å². The Morgan fingerprint density at radius 2 is 2.00 bits per heavy atom. The van der Waals surface area contributed by atoms with E-state index in [1.54, 1.807) is 0 Å². The van der Waals surface area contributed by atoms with Crippen molar-refractivity contribution in [1.82, 2.24) is 0 Å². The molecule has 0 amide bonds. The van der Waals surface area contributed by atoms with Crippen molar-refractivity contribution in [3.8, 4) is 0 Å². The van der Waals surface area contributed by atoms with Gasteiger partial charge in [-0.2, -0.15) is 8.42 Å². The Kier molecular flexibility index (Phi) is 3.52. The molecule has 0 aromatic rings. The normalized spacial score (nSPS) is 12.1. The minimum absolute atomic E-state index is 0.174. The summed E-state index contributed by atoms with van der Waals surface area (Å²) in [6, 6.07) is 0. The minimum atomic E-state index is -4.03. The van der Waals surface area contributed by atoms with Crippen LogP contribution in [0.5, 0.6) is 0 Å². The third-order valence-corrected chi connectivity index (χ3v) is 1.91. The monoisotopic (exact) mass is 168 g/mol. The summed E-state index contributed by atoms with van der Waals surface area (Å²) in [7, 11) is -3.85. The lowest BCUT2D eigenvalue weighted by molar-refractivity contribution is -0.104. The average molecular weight is 168 g/mol. The zero-order chi connectivity index (χ0) is 7.33. The Morgan fingerprint density at radius 3 is 2.33 bits per heavy atom. The van der Waals surface area contributed by atoms with Crippen molar-refractivity contribution < 1.29 is 17.8 Å². The van der Waals surface area contributed by atoms with Gasteiger partial charge >= 0.3 is 9.15 Å². The van der Waals surface area contributed by atoms with E-state index < -0.39 is 9.15 Å². The molecule has 0 aliphatic carbocycles. The van der Waals surface area contributed by atoms with E-state index in [4.69, 9.17) is 4.55 Å². The summed E-state index contributed by atoms with van der Waals surface area (Å²) in [5, 5.41) is 0.975. The molecule has 9 heavy (non-hydrogen) atoms. The fraction of sp³-hybridized carbons (Fsp3) is 0. The second kappa shape index (κ2) is 3.65. The van der Waals surface area contributed by atoms with E-state index in [2.05, 4.69) is 0 Å². The molecular formula is C3H4O4S2. The van der Waals surface area contributed by atoms with Crippen LogP contribution in [0.25, 0.3) is 0 Å². The van der Waals surface area contributed by atoms with E-state index in [1.165, 1.54) is 0 Å². The number of carbonyl (C=O) groups is 1. The van der Waals surface area contributed by atoms with E-state index in [0.717, 1.165) is 11.5 Å². The number of hydrogen-bond donors (Lipinski definition) is 1. The summed E-state index contributed by atoms with van der Waals surface area (Å²) in [6.45, 7) is 0. The highest BCUT2D eigenvalue weighted by molar-refractivity contribution is 8.71. The minimum Gasteiger partial charge on any atom is -0.299 e. The summed E-state index contributed by atoms with van der Waals surface area (Å²) in [4.78, 5) is 9.51. The molecule has 52 valence electrons. The van der Waals surface area contributed by atoms with Crippen LogP contribution in [-0.2, 0) is 13.9 Å². The van der Waals surface area contributed by atoms with Gasteiger partial charge < -0.3 is 0 Å². The topological polar surface area (TPSA) is 71.4 Å². The van der Waals surface area contributed by atoms with Crippen LogP contribution in [-0.4, -0.2) is 19.3 Å². The zero-order valence-electron chi connectivity index (χ0n) is 4.22. The van der Waals surface area contributed by atoms with Crippen LogP contribution >= 0.6 is 10.8 Å². The van der Waals surface area contributed by atoms with E-state index in [0.29, 0.717) is 6.29 Å². The fourth-order valence-electron chi connectivity index (χ4n) is 0.134. The predicted octanol–water partition coefficient (Wildman–Crippen LogP) is 0.235. The second-order valence-electron chi connectivity index (χ2n) is 0.989. The molecule has 1 N–H and O–H groups in total. The van der Waals surface area contributed by atoms with Gasteiger partial charge in [-0.05, 0) is 11.5 Å². The van der Waals surface area contributed by atoms with E-state index in [9.17, 15) is 13.2 Å². The average Bonchev–Trinajstić information content (AvgIpc) is 1.63. The van der Waals surface area contributed by atoms with Gasteiger partial charge in [-0.25, -0.2) is 0 Å². The lowest BCUT2D eigenvalue weighted by Gasteiger charge is -1.82. The molecule has 0 aromatic heterocycles. The maximum Gasteiger partial charge on any atom is 0.323 e. The van der Waals surface area contributed by atoms with Gasteiger partial charge in [-0.1, -0.05) is 0 Å². The summed E-state index contributed by atoms with van der Waals surface area (Å²) in [6.07, 6.45) is 1.39. The maximum atomic E-state index is 9.86. The van der Waals surface area contributed by atoms with Gasteiger partial charge in [0, 0.05) is 10.8 Å². The standard InChI is InChI=1S/C3H4O4S2/c4-2-1-3-8-9(5,6)7/h1-3H,(H,5,6,7)/b3-1-. The van der Waals surface area contributed by atoms with Crippen LogP contribution in [0, 0.1) is 0 Å². The van der Waals surface area contributed by atoms with Crippen molar-refractivity contribution in [2.24, 2.45) is 0 Å². The quantitative estimate of drug-likeness (QED) is 0.283. The van der Waals surface area contributed by atoms with Gasteiger partial charge in [0.15, 0.2) is 0 Å². The highest BCUT2D eigenvalue weighted by atomic mass is 33.1.